The molecule has 1 aromatic heterocycles. The molecule has 0 saturated heterocycles. The van der Waals surface area contributed by atoms with Crippen LogP contribution in [0.25, 0.3) is 11.3 Å². The van der Waals surface area contributed by atoms with Gasteiger partial charge in [0.25, 0.3) is 0 Å². The first-order chi connectivity index (χ1) is 9.02. The van der Waals surface area contributed by atoms with Crippen molar-refractivity contribution in [2.24, 2.45) is 0 Å². The van der Waals surface area contributed by atoms with Crippen molar-refractivity contribution in [2.45, 2.75) is 6.42 Å². The van der Waals surface area contributed by atoms with Crippen LogP contribution < -0.4 is 0 Å². The fourth-order valence-corrected chi connectivity index (χ4v) is 2.35. The summed E-state index contributed by atoms with van der Waals surface area (Å²) in [4.78, 5) is 3.79. The Balaban J connectivity index is 2.71. The monoisotopic (exact) mass is 314 g/mol. The summed E-state index contributed by atoms with van der Waals surface area (Å²) >= 11 is 17.9. The van der Waals surface area contributed by atoms with Crippen LogP contribution in [0.15, 0.2) is 24.3 Å². The van der Waals surface area contributed by atoms with E-state index in [0.717, 1.165) is 0 Å². The highest BCUT2D eigenvalue weighted by atomic mass is 35.5. The van der Waals surface area contributed by atoms with Crippen LogP contribution in [0.2, 0.25) is 15.1 Å². The molecule has 6 heteroatoms. The molecule has 0 aliphatic carbocycles. The first-order valence-electron chi connectivity index (χ1n) is 5.20. The third-order valence-electron chi connectivity index (χ3n) is 2.46. The highest BCUT2D eigenvalue weighted by Gasteiger charge is 2.15. The molecule has 0 fully saturated rings. The molecule has 0 aliphatic heterocycles. The number of rotatable bonds is 2. The second kappa shape index (κ2) is 5.75. The molecule has 0 N–H and O–H groups in total. The number of hydrogen-bond acceptors (Lipinski definition) is 2. The second-order valence-electron chi connectivity index (χ2n) is 3.73. The zero-order valence-corrected chi connectivity index (χ0v) is 11.7. The van der Waals surface area contributed by atoms with Crippen LogP contribution in [0.1, 0.15) is 5.56 Å². The summed E-state index contributed by atoms with van der Waals surface area (Å²) in [5.41, 5.74) is 1.24. The van der Waals surface area contributed by atoms with Gasteiger partial charge < -0.3 is 0 Å². The molecule has 0 unspecified atom stereocenters. The zero-order chi connectivity index (χ0) is 14.0. The highest BCUT2D eigenvalue weighted by Crippen LogP contribution is 2.37. The van der Waals surface area contributed by atoms with Crippen LogP contribution in [0.3, 0.4) is 0 Å². The number of halogens is 4. The van der Waals surface area contributed by atoms with Crippen LogP contribution in [-0.4, -0.2) is 4.98 Å². The second-order valence-corrected chi connectivity index (χ2v) is 4.95. The van der Waals surface area contributed by atoms with E-state index in [-0.39, 0.29) is 22.2 Å². The van der Waals surface area contributed by atoms with Crippen molar-refractivity contribution in [2.75, 3.05) is 0 Å². The molecule has 0 saturated carbocycles. The minimum atomic E-state index is -0.663. The Morgan fingerprint density at radius 1 is 1.21 bits per heavy atom. The van der Waals surface area contributed by atoms with Crippen molar-refractivity contribution in [1.82, 2.24) is 4.98 Å². The van der Waals surface area contributed by atoms with E-state index in [1.165, 1.54) is 18.2 Å². The predicted octanol–water partition coefficient (Wildman–Crippen LogP) is 4.91. The Morgan fingerprint density at radius 2 is 1.95 bits per heavy atom. The standard InChI is InChI=1S/C13H6Cl3FN2/c14-8-5-9(12(16)10(15)6-8)13-7(3-4-18)1-2-11(17)19-13/h1-2,5-6H,3H2. The van der Waals surface area contributed by atoms with Gasteiger partial charge in [-0.05, 0) is 23.8 Å². The number of benzene rings is 1. The summed E-state index contributed by atoms with van der Waals surface area (Å²) in [5.74, 6) is -0.663. The Hall–Kier alpha value is -1.34. The zero-order valence-electron chi connectivity index (χ0n) is 9.42. The van der Waals surface area contributed by atoms with E-state index < -0.39 is 5.95 Å². The number of nitrogens with zero attached hydrogens (tertiary/aromatic N) is 2. The lowest BCUT2D eigenvalue weighted by Gasteiger charge is -2.10. The van der Waals surface area contributed by atoms with Gasteiger partial charge in [-0.3, -0.25) is 0 Å². The number of hydrogen-bond donors (Lipinski definition) is 0. The lowest BCUT2D eigenvalue weighted by atomic mass is 10.0. The third-order valence-corrected chi connectivity index (χ3v) is 3.48. The van der Waals surface area contributed by atoms with Crippen molar-refractivity contribution in [3.8, 4) is 17.3 Å². The molecule has 0 atom stereocenters. The van der Waals surface area contributed by atoms with E-state index in [1.54, 1.807) is 6.07 Å². The molecule has 2 aromatic rings. The van der Waals surface area contributed by atoms with Gasteiger partial charge in [0.05, 0.1) is 28.2 Å². The molecule has 1 heterocycles. The lowest BCUT2D eigenvalue weighted by molar-refractivity contribution is 0.584. The maximum Gasteiger partial charge on any atom is 0.213 e. The van der Waals surface area contributed by atoms with Gasteiger partial charge in [0.15, 0.2) is 0 Å². The molecule has 0 radical (unpaired) electrons. The maximum atomic E-state index is 13.3. The van der Waals surface area contributed by atoms with Gasteiger partial charge in [-0.15, -0.1) is 0 Å². The van der Waals surface area contributed by atoms with Crippen molar-refractivity contribution in [3.05, 3.63) is 50.8 Å². The van der Waals surface area contributed by atoms with Crippen LogP contribution in [0.5, 0.6) is 0 Å². The molecule has 1 aromatic carbocycles. The van der Waals surface area contributed by atoms with Crippen molar-refractivity contribution in [3.63, 3.8) is 0 Å². The van der Waals surface area contributed by atoms with Crippen molar-refractivity contribution < 1.29 is 4.39 Å². The van der Waals surface area contributed by atoms with Gasteiger partial charge >= 0.3 is 0 Å². The highest BCUT2D eigenvalue weighted by molar-refractivity contribution is 6.45. The van der Waals surface area contributed by atoms with Gasteiger partial charge in [0.1, 0.15) is 0 Å². The Morgan fingerprint density at radius 3 is 2.63 bits per heavy atom. The minimum Gasteiger partial charge on any atom is -0.219 e. The molecule has 0 bridgehead atoms. The average molecular weight is 316 g/mol. The third kappa shape index (κ3) is 2.98. The minimum absolute atomic E-state index is 0.0864. The summed E-state index contributed by atoms with van der Waals surface area (Å²) in [7, 11) is 0. The summed E-state index contributed by atoms with van der Waals surface area (Å²) in [6.45, 7) is 0. The lowest BCUT2D eigenvalue weighted by Crippen LogP contribution is -1.96. The van der Waals surface area contributed by atoms with Gasteiger partial charge in [-0.25, -0.2) is 4.98 Å². The van der Waals surface area contributed by atoms with Crippen LogP contribution in [0.4, 0.5) is 4.39 Å². The average Bonchev–Trinajstić information content (AvgIpc) is 2.36. The summed E-state index contributed by atoms with van der Waals surface area (Å²) < 4.78 is 13.3. The smallest absolute Gasteiger partial charge is 0.213 e. The van der Waals surface area contributed by atoms with Crippen molar-refractivity contribution in [1.29, 1.82) is 5.26 Å². The molecule has 0 spiro atoms. The molecule has 2 nitrogen and oxygen atoms in total. The van der Waals surface area contributed by atoms with E-state index in [2.05, 4.69) is 4.98 Å². The summed E-state index contributed by atoms with van der Waals surface area (Å²) in [5, 5.41) is 9.62. The van der Waals surface area contributed by atoms with Gasteiger partial charge in [-0.2, -0.15) is 9.65 Å². The normalized spacial score (nSPS) is 10.3. The van der Waals surface area contributed by atoms with Gasteiger partial charge in [0, 0.05) is 10.6 Å². The van der Waals surface area contributed by atoms with Crippen molar-refractivity contribution >= 4 is 34.8 Å². The maximum absolute atomic E-state index is 13.3. The molecule has 19 heavy (non-hydrogen) atoms. The largest absolute Gasteiger partial charge is 0.219 e. The van der Waals surface area contributed by atoms with E-state index in [9.17, 15) is 4.39 Å². The fourth-order valence-electron chi connectivity index (χ4n) is 1.65. The molecule has 0 aliphatic rings. The quantitative estimate of drug-likeness (QED) is 0.583. The fraction of sp³-hybridized carbons (Fsp3) is 0.0769. The molecule has 96 valence electrons. The molecular weight excluding hydrogens is 310 g/mol. The summed E-state index contributed by atoms with van der Waals surface area (Å²) in [6, 6.07) is 7.70. The van der Waals surface area contributed by atoms with Gasteiger partial charge in [0.2, 0.25) is 5.95 Å². The summed E-state index contributed by atoms with van der Waals surface area (Å²) in [6.07, 6.45) is 0.0864. The first kappa shape index (κ1) is 14.1. The Kier molecular flexibility index (Phi) is 4.26. The molecular formula is C13H6Cl3FN2. The van der Waals surface area contributed by atoms with E-state index in [4.69, 9.17) is 40.1 Å². The van der Waals surface area contributed by atoms with E-state index in [1.807, 2.05) is 6.07 Å². The number of nitriles is 1. The topological polar surface area (TPSA) is 36.7 Å². The molecule has 2 rings (SSSR count). The SMILES string of the molecule is N#CCc1ccc(F)nc1-c1cc(Cl)cc(Cl)c1Cl. The van der Waals surface area contributed by atoms with Crippen LogP contribution >= 0.6 is 34.8 Å². The first-order valence-corrected chi connectivity index (χ1v) is 6.33. The van der Waals surface area contributed by atoms with Crippen LogP contribution in [0, 0.1) is 17.3 Å². The predicted molar refractivity (Wildman–Crippen MR) is 74.0 cm³/mol. The molecule has 0 amide bonds. The van der Waals surface area contributed by atoms with E-state index >= 15 is 0 Å². The van der Waals surface area contributed by atoms with Gasteiger partial charge in [-0.1, -0.05) is 40.9 Å². The van der Waals surface area contributed by atoms with E-state index in [0.29, 0.717) is 16.1 Å². The Labute approximate surface area is 124 Å². The number of aromatic nitrogens is 1. The van der Waals surface area contributed by atoms with Crippen LogP contribution in [-0.2, 0) is 6.42 Å². The Bertz CT molecular complexity index is 680. The number of pyridine rings is 1.